The highest BCUT2D eigenvalue weighted by Gasteiger charge is 2.16. The summed E-state index contributed by atoms with van der Waals surface area (Å²) in [6.07, 6.45) is 1.68. The molecule has 0 aliphatic heterocycles. The van der Waals surface area contributed by atoms with Gasteiger partial charge in [-0.1, -0.05) is 41.9 Å². The van der Waals surface area contributed by atoms with Gasteiger partial charge in [0.05, 0.1) is 12.2 Å². The van der Waals surface area contributed by atoms with Gasteiger partial charge in [0.15, 0.2) is 5.75 Å². The van der Waals surface area contributed by atoms with Crippen molar-refractivity contribution in [1.29, 1.82) is 0 Å². The third kappa shape index (κ3) is 4.88. The lowest BCUT2D eigenvalue weighted by Crippen LogP contribution is -2.00. The molecule has 2 aromatic heterocycles. The number of rotatable bonds is 8. The molecule has 0 spiro atoms. The van der Waals surface area contributed by atoms with Crippen LogP contribution in [0.1, 0.15) is 12.5 Å². The van der Waals surface area contributed by atoms with Crippen molar-refractivity contribution < 1.29 is 13.1 Å². The molecule has 26 heavy (non-hydrogen) atoms. The number of halogens is 1. The lowest BCUT2D eigenvalue weighted by atomic mass is 10.1. The molecule has 0 aliphatic carbocycles. The Morgan fingerprint density at radius 1 is 1.04 bits per heavy atom. The smallest absolute Gasteiger partial charge is 0.225 e. The Hall–Kier alpha value is -2.28. The molecule has 1 aromatic carbocycles. The van der Waals surface area contributed by atoms with Crippen LogP contribution in [0.5, 0.6) is 11.6 Å². The summed E-state index contributed by atoms with van der Waals surface area (Å²) in [5.41, 5.74) is 2.33. The number of hydrogen-bond acceptors (Lipinski definition) is 6. The van der Waals surface area contributed by atoms with E-state index in [1.807, 2.05) is 49.4 Å². The van der Waals surface area contributed by atoms with Crippen LogP contribution < -0.4 is 8.92 Å². The molecule has 3 aromatic rings. The summed E-state index contributed by atoms with van der Waals surface area (Å²) in [5, 5.41) is 0.346. The molecule has 7 heteroatoms. The first-order valence-electron chi connectivity index (χ1n) is 8.02. The van der Waals surface area contributed by atoms with E-state index in [4.69, 9.17) is 24.7 Å². The monoisotopic (exact) mass is 388 g/mol. The second-order valence-corrected chi connectivity index (χ2v) is 6.09. The number of benzene rings is 1. The molecule has 0 aliphatic rings. The molecule has 0 amide bonds. The summed E-state index contributed by atoms with van der Waals surface area (Å²) >= 11 is 6.97. The van der Waals surface area contributed by atoms with Crippen LogP contribution in [-0.2, 0) is 10.8 Å². The first-order valence-corrected chi connectivity index (χ1v) is 9.07. The Balaban J connectivity index is 1.88. The van der Waals surface area contributed by atoms with Crippen molar-refractivity contribution in [2.45, 2.75) is 13.5 Å². The van der Waals surface area contributed by atoms with Gasteiger partial charge in [0, 0.05) is 6.20 Å². The van der Waals surface area contributed by atoms with Gasteiger partial charge in [0.25, 0.3) is 0 Å². The van der Waals surface area contributed by atoms with Gasteiger partial charge in [0.1, 0.15) is 17.5 Å². The predicted octanol–water partition coefficient (Wildman–Crippen LogP) is 5.35. The first kappa shape index (κ1) is 18.5. The first-order chi connectivity index (χ1) is 12.8. The Labute approximate surface area is 161 Å². The normalized spacial score (nSPS) is 10.5. The molecule has 0 saturated heterocycles. The summed E-state index contributed by atoms with van der Waals surface area (Å²) in [5.74, 6) is 0.950. The topological polar surface area (TPSA) is 53.5 Å². The van der Waals surface area contributed by atoms with Crippen LogP contribution in [0.25, 0.3) is 11.3 Å². The van der Waals surface area contributed by atoms with Gasteiger partial charge in [-0.3, -0.25) is 9.17 Å². The van der Waals surface area contributed by atoms with E-state index in [1.165, 1.54) is 0 Å². The van der Waals surface area contributed by atoms with E-state index in [9.17, 15) is 0 Å². The fourth-order valence-electron chi connectivity index (χ4n) is 2.20. The summed E-state index contributed by atoms with van der Waals surface area (Å²) in [6.45, 7) is 2.80. The van der Waals surface area contributed by atoms with Crippen molar-refractivity contribution >= 4 is 23.9 Å². The summed E-state index contributed by atoms with van der Waals surface area (Å²) < 4.78 is 16.7. The van der Waals surface area contributed by atoms with Crippen molar-refractivity contribution in [3.63, 3.8) is 0 Å². The quantitative estimate of drug-likeness (QED) is 0.294. The van der Waals surface area contributed by atoms with Gasteiger partial charge in [0.2, 0.25) is 18.2 Å². The predicted molar refractivity (Wildman–Crippen MR) is 103 cm³/mol. The highest BCUT2D eigenvalue weighted by Crippen LogP contribution is 2.36. The maximum absolute atomic E-state index is 6.06. The minimum atomic E-state index is 0.346. The molecule has 0 N–H and O–H groups in total. The van der Waals surface area contributed by atoms with Crippen molar-refractivity contribution in [3.8, 4) is 22.9 Å². The van der Waals surface area contributed by atoms with Crippen LogP contribution >= 0.6 is 23.9 Å². The van der Waals surface area contributed by atoms with Crippen LogP contribution in [0.2, 0.25) is 5.15 Å². The molecule has 3 rings (SSSR count). The van der Waals surface area contributed by atoms with Crippen LogP contribution in [0.4, 0.5) is 0 Å². The second-order valence-electron chi connectivity index (χ2n) is 5.17. The van der Waals surface area contributed by atoms with Crippen LogP contribution in [0.3, 0.4) is 0 Å². The molecule has 134 valence electrons. The van der Waals surface area contributed by atoms with Gasteiger partial charge < -0.3 is 8.92 Å². The number of nitrogens with zero attached hydrogens (tertiary/aromatic N) is 2. The number of pyridine rings is 2. The largest absolute Gasteiger partial charge is 0.472 e. The van der Waals surface area contributed by atoms with Gasteiger partial charge in [-0.05, 0) is 36.8 Å². The maximum atomic E-state index is 6.06. The van der Waals surface area contributed by atoms with Crippen LogP contribution in [0, 0.1) is 0 Å². The van der Waals surface area contributed by atoms with Crippen molar-refractivity contribution in [3.05, 3.63) is 71.5 Å². The van der Waals surface area contributed by atoms with Crippen LogP contribution in [0.15, 0.2) is 60.8 Å². The lowest BCUT2D eigenvalue weighted by molar-refractivity contribution is 0.295. The Kier molecular flexibility index (Phi) is 6.71. The highest BCUT2D eigenvalue weighted by atomic mass is 35.5. The zero-order valence-electron chi connectivity index (χ0n) is 14.1. The summed E-state index contributed by atoms with van der Waals surface area (Å²) in [6, 6.07) is 17.0. The molecule has 0 atom stereocenters. The molecule has 0 bridgehead atoms. The zero-order valence-corrected chi connectivity index (χ0v) is 15.7. The molecule has 2 heterocycles. The van der Waals surface area contributed by atoms with E-state index in [1.54, 1.807) is 18.3 Å². The zero-order chi connectivity index (χ0) is 18.2. The van der Waals surface area contributed by atoms with E-state index in [2.05, 4.69) is 9.97 Å². The molecule has 0 saturated carbocycles. The molecular formula is C19H17ClN2O3S. The Morgan fingerprint density at radius 2 is 1.88 bits per heavy atom. The van der Waals surface area contributed by atoms with Crippen molar-refractivity contribution in [2.75, 3.05) is 6.61 Å². The minimum Gasteiger partial charge on any atom is -0.472 e. The van der Waals surface area contributed by atoms with Crippen LogP contribution in [-0.4, -0.2) is 16.6 Å². The molecule has 0 unspecified atom stereocenters. The summed E-state index contributed by atoms with van der Waals surface area (Å²) in [7, 11) is 0. The van der Waals surface area contributed by atoms with Gasteiger partial charge in [-0.15, -0.1) is 0 Å². The van der Waals surface area contributed by atoms with Gasteiger partial charge in [-0.25, -0.2) is 4.98 Å². The lowest BCUT2D eigenvalue weighted by Gasteiger charge is -2.13. The fourth-order valence-corrected chi connectivity index (χ4v) is 2.69. The minimum absolute atomic E-state index is 0.346. The average Bonchev–Trinajstić information content (AvgIpc) is 2.68. The standard InChI is InChI=1S/C19H17ClN2O3S/c1-2-24-26-25-16-9-6-12-21-18(16)15-10-11-17(20)22-19(15)23-13-14-7-4-3-5-8-14/h3-12H,2,13H2,1H3. The third-order valence-electron chi connectivity index (χ3n) is 3.36. The molecule has 5 nitrogen and oxygen atoms in total. The molecule has 0 radical (unpaired) electrons. The van der Waals surface area contributed by atoms with E-state index in [0.717, 1.165) is 17.9 Å². The highest BCUT2D eigenvalue weighted by molar-refractivity contribution is 7.90. The van der Waals surface area contributed by atoms with E-state index in [0.29, 0.717) is 41.3 Å². The van der Waals surface area contributed by atoms with E-state index >= 15 is 0 Å². The van der Waals surface area contributed by atoms with Crippen molar-refractivity contribution in [1.82, 2.24) is 9.97 Å². The van der Waals surface area contributed by atoms with Gasteiger partial charge >= 0.3 is 0 Å². The van der Waals surface area contributed by atoms with Crippen molar-refractivity contribution in [2.24, 2.45) is 0 Å². The Morgan fingerprint density at radius 3 is 2.69 bits per heavy atom. The molecule has 0 fully saturated rings. The van der Waals surface area contributed by atoms with E-state index in [-0.39, 0.29) is 0 Å². The number of hydrogen-bond donors (Lipinski definition) is 0. The maximum Gasteiger partial charge on any atom is 0.225 e. The molecular weight excluding hydrogens is 372 g/mol. The fraction of sp³-hybridized carbons (Fsp3) is 0.158. The number of ether oxygens (including phenoxy) is 1. The average molecular weight is 389 g/mol. The second kappa shape index (κ2) is 9.43. The SMILES string of the molecule is CCOSOc1cccnc1-c1ccc(Cl)nc1OCc1ccccc1. The van der Waals surface area contributed by atoms with Gasteiger partial charge in [-0.2, -0.15) is 0 Å². The van der Waals surface area contributed by atoms with E-state index < -0.39 is 0 Å². The number of aromatic nitrogens is 2. The third-order valence-corrected chi connectivity index (χ3v) is 4.15. The summed E-state index contributed by atoms with van der Waals surface area (Å²) in [4.78, 5) is 8.73. The Bertz CT molecular complexity index is 849.